The Morgan fingerprint density at radius 2 is 1.46 bits per heavy atom. The van der Waals surface area contributed by atoms with Crippen LogP contribution in [0.4, 0.5) is 13.2 Å². The molecule has 0 spiro atoms. The van der Waals surface area contributed by atoms with Crippen LogP contribution in [-0.2, 0) is 23.4 Å². The number of hydrogen-bond acceptors (Lipinski definition) is 1. The van der Waals surface area contributed by atoms with Crippen LogP contribution in [0.1, 0.15) is 74.3 Å². The highest BCUT2D eigenvalue weighted by Crippen LogP contribution is 2.46. The highest BCUT2D eigenvalue weighted by molar-refractivity contribution is 5.44. The Labute approximate surface area is 165 Å². The fourth-order valence-corrected chi connectivity index (χ4v) is 4.26. The van der Waals surface area contributed by atoms with E-state index in [0.29, 0.717) is 6.42 Å². The number of benzene rings is 2. The van der Waals surface area contributed by atoms with Gasteiger partial charge in [-0.3, -0.25) is 0 Å². The fraction of sp³-hybridized carbons (Fsp3) is 0.500. The fourth-order valence-electron chi connectivity index (χ4n) is 4.26. The maximum absolute atomic E-state index is 12.8. The summed E-state index contributed by atoms with van der Waals surface area (Å²) < 4.78 is 38.3. The first-order chi connectivity index (χ1) is 12.9. The van der Waals surface area contributed by atoms with E-state index < -0.39 is 11.7 Å². The van der Waals surface area contributed by atoms with Crippen LogP contribution in [0.2, 0.25) is 0 Å². The zero-order valence-corrected chi connectivity index (χ0v) is 17.0. The van der Waals surface area contributed by atoms with Gasteiger partial charge in [0, 0.05) is 5.92 Å². The van der Waals surface area contributed by atoms with Crippen molar-refractivity contribution in [2.45, 2.75) is 69.9 Å². The van der Waals surface area contributed by atoms with Crippen molar-refractivity contribution in [1.82, 2.24) is 0 Å². The number of alkyl halides is 3. The van der Waals surface area contributed by atoms with Crippen molar-refractivity contribution < 1.29 is 18.3 Å². The SMILES string of the molecule is CC1(C)CCC(C)(C)c2cc([C@@H](CO)Cc3ccc(C(F)(F)F)cc3)ccc21. The summed E-state index contributed by atoms with van der Waals surface area (Å²) in [6.45, 7) is 9.02. The lowest BCUT2D eigenvalue weighted by Gasteiger charge is -2.42. The molecule has 1 atom stereocenters. The molecule has 0 unspecified atom stereocenters. The lowest BCUT2D eigenvalue weighted by Crippen LogP contribution is -2.34. The Morgan fingerprint density at radius 1 is 0.893 bits per heavy atom. The van der Waals surface area contributed by atoms with Crippen LogP contribution in [0.25, 0.3) is 0 Å². The number of hydrogen-bond donors (Lipinski definition) is 1. The average Bonchev–Trinajstić information content (AvgIpc) is 2.63. The minimum atomic E-state index is -4.33. The normalized spacial score (nSPS) is 19.1. The molecule has 1 aliphatic rings. The standard InChI is InChI=1S/C24H29F3O/c1-22(2)11-12-23(3,4)21-14-17(7-10-20(21)22)18(15-28)13-16-5-8-19(9-6-16)24(25,26)27/h5-10,14,18,28H,11-13,15H2,1-4H3/t18-/m1/s1. The van der Waals surface area contributed by atoms with E-state index in [1.165, 1.54) is 23.3 Å². The van der Waals surface area contributed by atoms with Crippen LogP contribution in [0, 0.1) is 0 Å². The van der Waals surface area contributed by atoms with E-state index in [-0.39, 0.29) is 23.4 Å². The van der Waals surface area contributed by atoms with Gasteiger partial charge in [0.1, 0.15) is 0 Å². The lowest BCUT2D eigenvalue weighted by atomic mass is 9.62. The minimum absolute atomic E-state index is 0.0381. The van der Waals surface area contributed by atoms with Gasteiger partial charge in [-0.15, -0.1) is 0 Å². The summed E-state index contributed by atoms with van der Waals surface area (Å²) in [6.07, 6.45) is -1.57. The van der Waals surface area contributed by atoms with Gasteiger partial charge in [0.25, 0.3) is 0 Å². The molecule has 152 valence electrons. The van der Waals surface area contributed by atoms with Gasteiger partial charge in [0.05, 0.1) is 12.2 Å². The number of aliphatic hydroxyl groups is 1. The molecule has 4 heteroatoms. The molecule has 0 fully saturated rings. The van der Waals surface area contributed by atoms with Crippen LogP contribution in [0.3, 0.4) is 0 Å². The van der Waals surface area contributed by atoms with Crippen LogP contribution in [0.15, 0.2) is 42.5 Å². The highest BCUT2D eigenvalue weighted by atomic mass is 19.4. The molecule has 0 saturated heterocycles. The van der Waals surface area contributed by atoms with Gasteiger partial charge < -0.3 is 5.11 Å². The highest BCUT2D eigenvalue weighted by Gasteiger charge is 2.37. The number of rotatable bonds is 4. The van der Waals surface area contributed by atoms with E-state index in [0.717, 1.165) is 36.1 Å². The third kappa shape index (κ3) is 4.12. The third-order valence-corrected chi connectivity index (χ3v) is 6.33. The van der Waals surface area contributed by atoms with Gasteiger partial charge in [0.15, 0.2) is 0 Å². The molecule has 0 saturated carbocycles. The van der Waals surface area contributed by atoms with Gasteiger partial charge in [-0.2, -0.15) is 13.2 Å². The summed E-state index contributed by atoms with van der Waals surface area (Å²) in [5.74, 6) is -0.136. The minimum Gasteiger partial charge on any atom is -0.396 e. The van der Waals surface area contributed by atoms with Gasteiger partial charge in [0.2, 0.25) is 0 Å². The Morgan fingerprint density at radius 3 is 2.00 bits per heavy atom. The van der Waals surface area contributed by atoms with Gasteiger partial charge in [-0.1, -0.05) is 58.0 Å². The summed E-state index contributed by atoms with van der Waals surface area (Å²) in [6, 6.07) is 11.7. The topological polar surface area (TPSA) is 20.2 Å². The first-order valence-electron chi connectivity index (χ1n) is 9.86. The Kier molecular flexibility index (Phi) is 5.39. The molecule has 1 nitrogen and oxygen atoms in total. The van der Waals surface area contributed by atoms with Crippen molar-refractivity contribution in [1.29, 1.82) is 0 Å². The van der Waals surface area contributed by atoms with Crippen LogP contribution in [-0.4, -0.2) is 11.7 Å². The second kappa shape index (κ2) is 7.22. The molecule has 2 aromatic carbocycles. The maximum atomic E-state index is 12.8. The van der Waals surface area contributed by atoms with Gasteiger partial charge >= 0.3 is 6.18 Å². The molecule has 0 aromatic heterocycles. The largest absolute Gasteiger partial charge is 0.416 e. The predicted molar refractivity (Wildman–Crippen MR) is 107 cm³/mol. The zero-order valence-electron chi connectivity index (χ0n) is 17.0. The summed E-state index contributed by atoms with van der Waals surface area (Å²) in [7, 11) is 0. The van der Waals surface area contributed by atoms with Crippen molar-refractivity contribution in [3.05, 3.63) is 70.3 Å². The van der Waals surface area contributed by atoms with Crippen molar-refractivity contribution >= 4 is 0 Å². The first-order valence-corrected chi connectivity index (χ1v) is 9.86. The van der Waals surface area contributed by atoms with Crippen LogP contribution in [0.5, 0.6) is 0 Å². The number of fused-ring (bicyclic) bond motifs is 1. The van der Waals surface area contributed by atoms with E-state index in [2.05, 4.69) is 45.9 Å². The third-order valence-electron chi connectivity index (χ3n) is 6.33. The quantitative estimate of drug-likeness (QED) is 0.643. The summed E-state index contributed by atoms with van der Waals surface area (Å²) in [5.41, 5.74) is 4.09. The molecule has 0 radical (unpaired) electrons. The zero-order chi connectivity index (χ0) is 20.7. The smallest absolute Gasteiger partial charge is 0.396 e. The van der Waals surface area contributed by atoms with E-state index >= 15 is 0 Å². The number of aliphatic hydroxyl groups excluding tert-OH is 1. The average molecular weight is 390 g/mol. The molecule has 0 heterocycles. The summed E-state index contributed by atoms with van der Waals surface area (Å²) in [5, 5.41) is 9.98. The van der Waals surface area contributed by atoms with Crippen molar-refractivity contribution in [3.63, 3.8) is 0 Å². The first kappa shape index (κ1) is 20.9. The molecule has 1 N–H and O–H groups in total. The second-order valence-electron chi connectivity index (χ2n) is 9.35. The molecule has 0 bridgehead atoms. The van der Waals surface area contributed by atoms with E-state index in [9.17, 15) is 18.3 Å². The van der Waals surface area contributed by atoms with Crippen molar-refractivity contribution in [3.8, 4) is 0 Å². The second-order valence-corrected chi connectivity index (χ2v) is 9.35. The predicted octanol–water partition coefficient (Wildman–Crippen LogP) is 6.37. The van der Waals surface area contributed by atoms with Crippen molar-refractivity contribution in [2.75, 3.05) is 6.61 Å². The van der Waals surface area contributed by atoms with E-state index in [1.54, 1.807) is 0 Å². The van der Waals surface area contributed by atoms with Gasteiger partial charge in [-0.25, -0.2) is 0 Å². The molecular weight excluding hydrogens is 361 g/mol. The van der Waals surface area contributed by atoms with Crippen molar-refractivity contribution in [2.24, 2.45) is 0 Å². The molecule has 28 heavy (non-hydrogen) atoms. The van der Waals surface area contributed by atoms with E-state index in [4.69, 9.17) is 0 Å². The Hall–Kier alpha value is -1.81. The monoisotopic (exact) mass is 390 g/mol. The van der Waals surface area contributed by atoms with Gasteiger partial charge in [-0.05, 0) is 64.5 Å². The molecule has 2 aromatic rings. The molecule has 1 aliphatic carbocycles. The molecule has 0 amide bonds. The van der Waals surface area contributed by atoms with Crippen LogP contribution >= 0.6 is 0 Å². The molecular formula is C24H29F3O. The summed E-state index contributed by atoms with van der Waals surface area (Å²) >= 11 is 0. The Balaban J connectivity index is 1.89. The maximum Gasteiger partial charge on any atom is 0.416 e. The molecule has 3 rings (SSSR count). The number of halogens is 3. The van der Waals surface area contributed by atoms with E-state index in [1.807, 2.05) is 0 Å². The Bertz CT molecular complexity index is 832. The van der Waals surface area contributed by atoms with Crippen LogP contribution < -0.4 is 0 Å². The molecule has 0 aliphatic heterocycles. The summed E-state index contributed by atoms with van der Waals surface area (Å²) in [4.78, 5) is 0. The lowest BCUT2D eigenvalue weighted by molar-refractivity contribution is -0.137.